The molecule has 2 aromatic carbocycles. The Labute approximate surface area is 167 Å². The van der Waals surface area contributed by atoms with Crippen LogP contribution in [0, 0.1) is 0 Å². The zero-order valence-corrected chi connectivity index (χ0v) is 15.7. The number of esters is 1. The highest BCUT2D eigenvalue weighted by Gasteiger charge is 2.56. The molecule has 0 spiro atoms. The molecular weight excluding hydrogens is 376 g/mol. The Hall–Kier alpha value is -3.68. The van der Waals surface area contributed by atoms with E-state index in [0.29, 0.717) is 5.06 Å². The molecule has 8 heteroatoms. The van der Waals surface area contributed by atoms with Crippen molar-refractivity contribution in [3.05, 3.63) is 71.8 Å². The molecule has 1 aliphatic heterocycles. The van der Waals surface area contributed by atoms with Crippen LogP contribution in [0.3, 0.4) is 0 Å². The topological polar surface area (TPSA) is 102 Å². The van der Waals surface area contributed by atoms with E-state index < -0.39 is 35.8 Å². The second kappa shape index (κ2) is 9.01. The lowest BCUT2D eigenvalue weighted by molar-refractivity contribution is -0.218. The van der Waals surface area contributed by atoms with Gasteiger partial charge in [0.1, 0.15) is 6.04 Å². The number of amides is 2. The van der Waals surface area contributed by atoms with Crippen LogP contribution >= 0.6 is 0 Å². The highest BCUT2D eigenvalue weighted by atomic mass is 16.7. The number of nitrogens with one attached hydrogen (secondary N) is 1. The Morgan fingerprint density at radius 1 is 1.00 bits per heavy atom. The molecule has 29 heavy (non-hydrogen) atoms. The third-order valence-electron chi connectivity index (χ3n) is 4.29. The zero-order valence-electron chi connectivity index (χ0n) is 15.7. The molecule has 2 unspecified atom stereocenters. The van der Waals surface area contributed by atoms with Crippen molar-refractivity contribution >= 4 is 23.8 Å². The third-order valence-corrected chi connectivity index (χ3v) is 4.29. The summed E-state index contributed by atoms with van der Waals surface area (Å²) in [7, 11) is 0. The minimum atomic E-state index is -1.24. The van der Waals surface area contributed by atoms with Crippen molar-refractivity contribution < 1.29 is 28.8 Å². The lowest BCUT2D eigenvalue weighted by atomic mass is 9.97. The smallest absolute Gasteiger partial charge is 0.363 e. The summed E-state index contributed by atoms with van der Waals surface area (Å²) in [6, 6.07) is 14.6. The number of hydrogen-bond donors (Lipinski definition) is 1. The first-order chi connectivity index (χ1) is 14.0. The molecule has 1 fully saturated rings. The molecule has 2 aromatic rings. The molecule has 1 aliphatic rings. The molecule has 0 bridgehead atoms. The van der Waals surface area contributed by atoms with Crippen LogP contribution in [0.4, 0.5) is 0 Å². The van der Waals surface area contributed by atoms with Crippen molar-refractivity contribution in [2.45, 2.75) is 25.4 Å². The fourth-order valence-corrected chi connectivity index (χ4v) is 2.89. The number of rotatable bonds is 7. The van der Waals surface area contributed by atoms with Crippen LogP contribution in [0.25, 0.3) is 0 Å². The van der Waals surface area contributed by atoms with Gasteiger partial charge in [-0.25, -0.2) is 9.59 Å². The summed E-state index contributed by atoms with van der Waals surface area (Å²) in [4.78, 5) is 54.4. The Balaban J connectivity index is 1.69. The maximum Gasteiger partial charge on any atom is 0.363 e. The molecule has 0 saturated carbocycles. The third kappa shape index (κ3) is 4.60. The van der Waals surface area contributed by atoms with Gasteiger partial charge in [-0.2, -0.15) is 5.06 Å². The molecule has 8 nitrogen and oxygen atoms in total. The van der Waals surface area contributed by atoms with Gasteiger partial charge in [0.25, 0.3) is 5.91 Å². The Morgan fingerprint density at radius 3 is 2.24 bits per heavy atom. The summed E-state index contributed by atoms with van der Waals surface area (Å²) in [5, 5.41) is 3.18. The van der Waals surface area contributed by atoms with E-state index in [1.165, 1.54) is 12.1 Å². The number of carbonyl (C=O) groups is 4. The number of nitrogens with zero attached hydrogens (tertiary/aromatic N) is 1. The lowest BCUT2D eigenvalue weighted by Gasteiger charge is -2.42. The molecule has 0 aliphatic carbocycles. The summed E-state index contributed by atoms with van der Waals surface area (Å²) in [6.45, 7) is 1.69. The number of carbonyl (C=O) groups excluding carboxylic acids is 4. The second-order valence-corrected chi connectivity index (χ2v) is 6.31. The zero-order chi connectivity index (χ0) is 20.8. The monoisotopic (exact) mass is 396 g/mol. The number of β-lactam (4-membered cyclic amide) rings is 1. The standard InChI is InChI=1S/C21H20N2O6/c1-2-28-21(27)18-17(22-16(24)13-14-9-5-3-6-10-14)19(25)23(18)29-20(26)15-11-7-4-8-12-15/h3-12,17-18H,2,13H2,1H3,(H,22,24). The van der Waals surface area contributed by atoms with E-state index in [1.54, 1.807) is 49.4 Å². The summed E-state index contributed by atoms with van der Waals surface area (Å²) in [6.07, 6.45) is 0.0456. The van der Waals surface area contributed by atoms with Gasteiger partial charge in [-0.15, -0.1) is 0 Å². The van der Waals surface area contributed by atoms with Crippen LogP contribution in [-0.4, -0.2) is 47.5 Å². The normalized spacial score (nSPS) is 17.8. The first kappa shape index (κ1) is 20.1. The molecule has 3 rings (SSSR count). The van der Waals surface area contributed by atoms with Crippen LogP contribution in [0.15, 0.2) is 60.7 Å². The number of ether oxygens (including phenoxy) is 1. The lowest BCUT2D eigenvalue weighted by Crippen LogP contribution is -2.73. The molecule has 1 heterocycles. The second-order valence-electron chi connectivity index (χ2n) is 6.31. The first-order valence-corrected chi connectivity index (χ1v) is 9.11. The fraction of sp³-hybridized carbons (Fsp3) is 0.238. The van der Waals surface area contributed by atoms with Crippen molar-refractivity contribution in [2.75, 3.05) is 6.61 Å². The van der Waals surface area contributed by atoms with E-state index in [-0.39, 0.29) is 18.6 Å². The summed E-state index contributed by atoms with van der Waals surface area (Å²) < 4.78 is 4.97. The number of benzene rings is 2. The molecule has 1 saturated heterocycles. The van der Waals surface area contributed by atoms with Crippen molar-refractivity contribution in [3.63, 3.8) is 0 Å². The Morgan fingerprint density at radius 2 is 1.62 bits per heavy atom. The molecular formula is C21H20N2O6. The van der Waals surface area contributed by atoms with Crippen molar-refractivity contribution in [2.24, 2.45) is 0 Å². The van der Waals surface area contributed by atoms with Crippen molar-refractivity contribution in [3.8, 4) is 0 Å². The maximum absolute atomic E-state index is 12.5. The van der Waals surface area contributed by atoms with E-state index in [1.807, 2.05) is 6.07 Å². The van der Waals surface area contributed by atoms with E-state index in [0.717, 1.165) is 5.56 Å². The minimum Gasteiger partial charge on any atom is -0.464 e. The van der Waals surface area contributed by atoms with E-state index in [4.69, 9.17) is 9.57 Å². The average Bonchev–Trinajstić information content (AvgIpc) is 2.73. The van der Waals surface area contributed by atoms with Crippen LogP contribution in [0.2, 0.25) is 0 Å². The maximum atomic E-state index is 12.5. The predicted octanol–water partition coefficient (Wildman–Crippen LogP) is 1.26. The molecule has 0 aromatic heterocycles. The molecule has 2 amide bonds. The average molecular weight is 396 g/mol. The van der Waals surface area contributed by atoms with Gasteiger partial charge in [0, 0.05) is 0 Å². The van der Waals surface area contributed by atoms with Gasteiger partial charge in [-0.05, 0) is 24.6 Å². The Kier molecular flexibility index (Phi) is 6.23. The van der Waals surface area contributed by atoms with Gasteiger partial charge < -0.3 is 14.9 Å². The summed E-state index contributed by atoms with van der Waals surface area (Å²) in [5.74, 6) is -2.69. The fourth-order valence-electron chi connectivity index (χ4n) is 2.89. The van der Waals surface area contributed by atoms with E-state index >= 15 is 0 Å². The van der Waals surface area contributed by atoms with Crippen LogP contribution < -0.4 is 5.32 Å². The molecule has 150 valence electrons. The molecule has 2 atom stereocenters. The van der Waals surface area contributed by atoms with Gasteiger partial charge in [0.15, 0.2) is 6.04 Å². The Bertz CT molecular complexity index is 900. The highest BCUT2D eigenvalue weighted by Crippen LogP contribution is 2.23. The number of hydrogen-bond acceptors (Lipinski definition) is 6. The summed E-state index contributed by atoms with van der Waals surface area (Å²) in [5.41, 5.74) is 0.983. The van der Waals surface area contributed by atoms with Crippen LogP contribution in [-0.2, 0) is 30.4 Å². The van der Waals surface area contributed by atoms with Gasteiger partial charge in [-0.1, -0.05) is 48.5 Å². The minimum absolute atomic E-state index is 0.0456. The SMILES string of the molecule is CCOC(=O)C1C(NC(=O)Cc2ccccc2)C(=O)N1OC(=O)c1ccccc1. The van der Waals surface area contributed by atoms with Gasteiger partial charge in [-0.3, -0.25) is 9.59 Å². The van der Waals surface area contributed by atoms with Crippen molar-refractivity contribution in [1.29, 1.82) is 0 Å². The van der Waals surface area contributed by atoms with Crippen LogP contribution in [0.1, 0.15) is 22.8 Å². The highest BCUT2D eigenvalue weighted by molar-refractivity contribution is 6.02. The van der Waals surface area contributed by atoms with Gasteiger partial charge >= 0.3 is 11.9 Å². The summed E-state index contributed by atoms with van der Waals surface area (Å²) >= 11 is 0. The number of hydroxylamine groups is 2. The van der Waals surface area contributed by atoms with E-state index in [9.17, 15) is 19.2 Å². The predicted molar refractivity (Wildman–Crippen MR) is 101 cm³/mol. The quantitative estimate of drug-likeness (QED) is 0.558. The van der Waals surface area contributed by atoms with E-state index in [2.05, 4.69) is 5.32 Å². The van der Waals surface area contributed by atoms with Crippen LogP contribution in [0.5, 0.6) is 0 Å². The van der Waals surface area contributed by atoms with Gasteiger partial charge in [0.2, 0.25) is 5.91 Å². The largest absolute Gasteiger partial charge is 0.464 e. The van der Waals surface area contributed by atoms with Gasteiger partial charge in [0.05, 0.1) is 18.6 Å². The first-order valence-electron chi connectivity index (χ1n) is 9.11. The molecule has 1 N–H and O–H groups in total. The molecule has 0 radical (unpaired) electrons. The van der Waals surface area contributed by atoms with Crippen molar-refractivity contribution in [1.82, 2.24) is 10.4 Å².